The van der Waals surface area contributed by atoms with Crippen molar-refractivity contribution >= 4 is 80.2 Å². The Morgan fingerprint density at radius 3 is 2.38 bits per heavy atom. The molecule has 3 aromatic carbocycles. The molecule has 7 rings (SSSR count). The normalized spacial score (nSPS) is 11.7. The van der Waals surface area contributed by atoms with Crippen LogP contribution < -0.4 is 9.44 Å². The van der Waals surface area contributed by atoms with E-state index in [0.29, 0.717) is 40.4 Å². The number of aromatic amines is 2. The number of rotatable bonds is 11. The number of halogens is 5. The van der Waals surface area contributed by atoms with Gasteiger partial charge in [-0.05, 0) is 43.2 Å². The van der Waals surface area contributed by atoms with Crippen LogP contribution >= 0.6 is 15.9 Å². The van der Waals surface area contributed by atoms with Gasteiger partial charge in [-0.2, -0.15) is 14.6 Å². The summed E-state index contributed by atoms with van der Waals surface area (Å²) >= 11 is 3.30. The first-order valence-corrected chi connectivity index (χ1v) is 19.8. The number of aryl methyl sites for hydroxylation is 1. The molecule has 4 heterocycles. The number of H-pyrrole nitrogens is 2. The van der Waals surface area contributed by atoms with E-state index < -0.39 is 55.0 Å². The average molecular weight is 859 g/mol. The maximum Gasteiger partial charge on any atom is 0.265 e. The molecule has 0 fully saturated rings. The van der Waals surface area contributed by atoms with Crippen LogP contribution in [0.5, 0.6) is 0 Å². The number of nitrogens with one attached hydrogen (secondary N) is 4. The molecule has 284 valence electrons. The Balaban J connectivity index is 0.000000187. The van der Waals surface area contributed by atoms with Gasteiger partial charge in [0.05, 0.1) is 29.2 Å². The van der Waals surface area contributed by atoms with Crippen LogP contribution in [-0.4, -0.2) is 50.5 Å². The summed E-state index contributed by atoms with van der Waals surface area (Å²) in [6.07, 6.45) is 4.55. The Hall–Kier alpha value is -5.55. The monoisotopic (exact) mass is 857 g/mol. The number of methoxy groups -OCH3 is 1. The third kappa shape index (κ3) is 8.42. The average Bonchev–Trinajstić information content (AvgIpc) is 3.78. The molecule has 7 aromatic rings. The predicted molar refractivity (Wildman–Crippen MR) is 201 cm³/mol. The fourth-order valence-corrected chi connectivity index (χ4v) is 8.39. The summed E-state index contributed by atoms with van der Waals surface area (Å²) < 4.78 is 117. The lowest BCUT2D eigenvalue weighted by Gasteiger charge is -2.10. The first-order valence-electron chi connectivity index (χ1n) is 16.1. The summed E-state index contributed by atoms with van der Waals surface area (Å²) in [5.74, 6) is -4.40. The van der Waals surface area contributed by atoms with Crippen molar-refractivity contribution in [3.05, 3.63) is 118 Å². The highest BCUT2D eigenvalue weighted by Gasteiger charge is 2.24. The SMILES string of the molecule is COCCCc1cc(F)c(NS(=O)(=O)c2c[nH]c3cc(Br)ccc23)nc1F.N#CCc1cc(F)c(NS(=O)(=O)c2cnc3c2ccc2ccc[nH]c23)cc1F. The Morgan fingerprint density at radius 1 is 0.873 bits per heavy atom. The van der Waals surface area contributed by atoms with E-state index in [0.717, 1.165) is 28.1 Å². The Morgan fingerprint density at radius 2 is 1.62 bits per heavy atom. The lowest BCUT2D eigenvalue weighted by molar-refractivity contribution is 0.195. The number of fused-ring (bicyclic) bond motifs is 4. The van der Waals surface area contributed by atoms with Gasteiger partial charge < -0.3 is 14.7 Å². The van der Waals surface area contributed by atoms with E-state index in [1.54, 1.807) is 42.6 Å². The molecule has 0 aliphatic carbocycles. The van der Waals surface area contributed by atoms with E-state index in [2.05, 4.69) is 40.6 Å². The van der Waals surface area contributed by atoms with Crippen LogP contribution in [0.15, 0.2) is 93.5 Å². The van der Waals surface area contributed by atoms with Gasteiger partial charge in [-0.1, -0.05) is 40.2 Å². The maximum absolute atomic E-state index is 14.3. The number of hydrogen-bond donors (Lipinski definition) is 4. The molecule has 0 saturated heterocycles. The molecular formula is C36H28BrF4N7O5S2. The van der Waals surface area contributed by atoms with Crippen molar-refractivity contribution in [3.63, 3.8) is 0 Å². The molecule has 0 bridgehead atoms. The highest BCUT2D eigenvalue weighted by molar-refractivity contribution is 9.10. The van der Waals surface area contributed by atoms with Crippen LogP contribution in [0.25, 0.3) is 32.7 Å². The second-order valence-electron chi connectivity index (χ2n) is 11.9. The zero-order valence-electron chi connectivity index (χ0n) is 28.4. The molecule has 55 heavy (non-hydrogen) atoms. The molecule has 19 heteroatoms. The second-order valence-corrected chi connectivity index (χ2v) is 16.1. The van der Waals surface area contributed by atoms with E-state index in [-0.39, 0.29) is 33.8 Å². The molecule has 0 spiro atoms. The van der Waals surface area contributed by atoms with Gasteiger partial charge in [-0.15, -0.1) is 0 Å². The molecule has 0 radical (unpaired) electrons. The van der Waals surface area contributed by atoms with Crippen LogP contribution in [0.2, 0.25) is 0 Å². The first-order chi connectivity index (χ1) is 26.2. The van der Waals surface area contributed by atoms with Crippen LogP contribution in [0.4, 0.5) is 29.1 Å². The van der Waals surface area contributed by atoms with Crippen molar-refractivity contribution in [2.24, 2.45) is 0 Å². The van der Waals surface area contributed by atoms with Crippen LogP contribution in [-0.2, 0) is 37.6 Å². The highest BCUT2D eigenvalue weighted by atomic mass is 79.9. The third-order valence-electron chi connectivity index (χ3n) is 8.25. The molecular weight excluding hydrogens is 830 g/mol. The van der Waals surface area contributed by atoms with Gasteiger partial charge in [0.15, 0.2) is 11.6 Å². The zero-order chi connectivity index (χ0) is 39.5. The van der Waals surface area contributed by atoms with Gasteiger partial charge in [0.1, 0.15) is 21.4 Å². The lowest BCUT2D eigenvalue weighted by atomic mass is 10.1. The van der Waals surface area contributed by atoms with Crippen LogP contribution in [0.1, 0.15) is 17.5 Å². The van der Waals surface area contributed by atoms with E-state index in [1.807, 2.05) is 16.9 Å². The minimum Gasteiger partial charge on any atom is -0.385 e. The standard InChI is InChI=1S/C19H12F2N4O2S.C17H16BrF2N3O3S/c20-14-9-16(15(21)8-12(14)5-6-22)25-28(26,27)17-10-24-19-13(17)4-3-11-2-1-7-23-18(11)19;1-26-6-2-3-10-7-13(19)17(22-16(10)20)23-27(24,25)15-9-21-14-8-11(18)4-5-12(14)15/h1-4,7-10,23,25H,5H2;4-5,7-9,21H,2-3,6H2,1H3,(H,22,23). The molecule has 12 nitrogen and oxygen atoms in total. The van der Waals surface area contributed by atoms with E-state index >= 15 is 0 Å². The quantitative estimate of drug-likeness (QED) is 0.0576. The van der Waals surface area contributed by atoms with Gasteiger partial charge in [0, 0.05) is 75.6 Å². The highest BCUT2D eigenvalue weighted by Crippen LogP contribution is 2.31. The van der Waals surface area contributed by atoms with E-state index in [9.17, 15) is 34.4 Å². The molecule has 0 aliphatic heterocycles. The third-order valence-corrected chi connectivity index (χ3v) is 11.5. The number of hydrogen-bond acceptors (Lipinski definition) is 8. The lowest BCUT2D eigenvalue weighted by Crippen LogP contribution is -2.16. The molecule has 0 atom stereocenters. The van der Waals surface area contributed by atoms with Crippen LogP contribution in [0.3, 0.4) is 0 Å². The molecule has 4 N–H and O–H groups in total. The Bertz CT molecular complexity index is 2850. The summed E-state index contributed by atoms with van der Waals surface area (Å²) in [6.45, 7) is 0.395. The number of pyridine rings is 2. The van der Waals surface area contributed by atoms with E-state index in [1.165, 1.54) is 19.5 Å². The Kier molecular flexibility index (Phi) is 11.4. The molecule has 0 amide bonds. The summed E-state index contributed by atoms with van der Waals surface area (Å²) in [5, 5.41) is 10.3. The molecule has 4 aromatic heterocycles. The van der Waals surface area contributed by atoms with Gasteiger partial charge in [-0.25, -0.2) is 30.0 Å². The molecule has 0 saturated carbocycles. The van der Waals surface area contributed by atoms with Crippen LogP contribution in [0, 0.1) is 34.7 Å². The van der Waals surface area contributed by atoms with Crippen molar-refractivity contribution in [1.29, 1.82) is 5.26 Å². The van der Waals surface area contributed by atoms with Crippen molar-refractivity contribution in [1.82, 2.24) is 19.9 Å². The largest absolute Gasteiger partial charge is 0.385 e. The fourth-order valence-electron chi connectivity index (χ4n) is 5.64. The fraction of sp³-hybridized carbons (Fsp3) is 0.139. The van der Waals surface area contributed by atoms with Crippen molar-refractivity contribution in [2.75, 3.05) is 23.2 Å². The zero-order valence-corrected chi connectivity index (χ0v) is 31.6. The van der Waals surface area contributed by atoms with Gasteiger partial charge in [0.25, 0.3) is 20.0 Å². The van der Waals surface area contributed by atoms with Crippen molar-refractivity contribution in [3.8, 4) is 6.07 Å². The minimum absolute atomic E-state index is 0.0597. The van der Waals surface area contributed by atoms with Gasteiger partial charge in [-0.3, -0.25) is 14.4 Å². The Labute approximate surface area is 319 Å². The van der Waals surface area contributed by atoms with Gasteiger partial charge >= 0.3 is 0 Å². The topological polar surface area (TPSA) is 183 Å². The second kappa shape index (κ2) is 16.0. The number of aromatic nitrogens is 4. The molecule has 0 unspecified atom stereocenters. The number of sulfonamides is 2. The number of nitrogens with zero attached hydrogens (tertiary/aromatic N) is 3. The minimum atomic E-state index is -4.23. The van der Waals surface area contributed by atoms with Crippen molar-refractivity contribution < 1.29 is 39.1 Å². The van der Waals surface area contributed by atoms with E-state index in [4.69, 9.17) is 10.00 Å². The summed E-state index contributed by atoms with van der Waals surface area (Å²) in [7, 11) is -6.89. The first kappa shape index (κ1) is 39.2. The van der Waals surface area contributed by atoms with Crippen molar-refractivity contribution in [2.45, 2.75) is 29.1 Å². The van der Waals surface area contributed by atoms with Gasteiger partial charge in [0.2, 0.25) is 5.95 Å². The smallest absolute Gasteiger partial charge is 0.265 e. The predicted octanol–water partition coefficient (Wildman–Crippen LogP) is 7.84. The summed E-state index contributed by atoms with van der Waals surface area (Å²) in [6, 6.07) is 16.2. The number of anilines is 2. The summed E-state index contributed by atoms with van der Waals surface area (Å²) in [4.78, 5) is 13.3. The molecule has 0 aliphatic rings. The number of nitriles is 1. The summed E-state index contributed by atoms with van der Waals surface area (Å²) in [5.41, 5.74) is 1.07. The number of benzene rings is 3. The maximum atomic E-state index is 14.3. The number of ether oxygens (including phenoxy) is 1.